The van der Waals surface area contributed by atoms with Gasteiger partial charge < -0.3 is 10.4 Å². The molecule has 0 radical (unpaired) electrons. The summed E-state index contributed by atoms with van der Waals surface area (Å²) in [5, 5.41) is 20.1. The van der Waals surface area contributed by atoms with Crippen LogP contribution in [0, 0.1) is 5.92 Å². The molecule has 16 heavy (non-hydrogen) atoms. The first kappa shape index (κ1) is 13.1. The Morgan fingerprint density at radius 3 is 2.94 bits per heavy atom. The molecule has 0 aliphatic carbocycles. The van der Waals surface area contributed by atoms with Gasteiger partial charge in [0.15, 0.2) is 0 Å². The Morgan fingerprint density at radius 1 is 1.44 bits per heavy atom. The van der Waals surface area contributed by atoms with Crippen molar-refractivity contribution in [2.45, 2.75) is 39.8 Å². The van der Waals surface area contributed by atoms with Gasteiger partial charge in [0.1, 0.15) is 0 Å². The number of rotatable bonds is 8. The predicted octanol–water partition coefficient (Wildman–Crippen LogP) is 0.796. The Morgan fingerprint density at radius 2 is 2.25 bits per heavy atom. The van der Waals surface area contributed by atoms with Gasteiger partial charge in [-0.15, -0.1) is 5.10 Å². The summed E-state index contributed by atoms with van der Waals surface area (Å²) in [5.41, 5.74) is 0.977. The highest BCUT2D eigenvalue weighted by molar-refractivity contribution is 4.91. The van der Waals surface area contributed by atoms with Crippen LogP contribution in [0.4, 0.5) is 0 Å². The number of unbranched alkanes of at least 4 members (excludes halogenated alkanes) is 1. The maximum atomic E-state index is 8.66. The van der Waals surface area contributed by atoms with Gasteiger partial charge in [-0.3, -0.25) is 4.68 Å². The summed E-state index contributed by atoms with van der Waals surface area (Å²) in [4.78, 5) is 0. The number of aryl methyl sites for hydroxylation is 1. The quantitative estimate of drug-likeness (QED) is 0.643. The van der Waals surface area contributed by atoms with E-state index in [1.807, 2.05) is 10.9 Å². The molecule has 1 aromatic rings. The molecule has 0 saturated heterocycles. The van der Waals surface area contributed by atoms with E-state index >= 15 is 0 Å². The topological polar surface area (TPSA) is 63.0 Å². The average molecular weight is 226 g/mol. The Kier molecular flexibility index (Phi) is 6.03. The van der Waals surface area contributed by atoms with Crippen LogP contribution in [0.3, 0.4) is 0 Å². The summed E-state index contributed by atoms with van der Waals surface area (Å²) >= 11 is 0. The minimum Gasteiger partial charge on any atom is -0.396 e. The molecule has 92 valence electrons. The largest absolute Gasteiger partial charge is 0.396 e. The normalized spacial score (nSPS) is 11.2. The van der Waals surface area contributed by atoms with Crippen molar-refractivity contribution >= 4 is 0 Å². The predicted molar refractivity (Wildman–Crippen MR) is 62.9 cm³/mol. The lowest BCUT2D eigenvalue weighted by molar-refractivity contribution is 0.280. The van der Waals surface area contributed by atoms with Gasteiger partial charge in [0.05, 0.1) is 5.69 Å². The second-order valence-corrected chi connectivity index (χ2v) is 4.43. The van der Waals surface area contributed by atoms with Gasteiger partial charge in [0, 0.05) is 25.9 Å². The zero-order valence-electron chi connectivity index (χ0n) is 10.2. The lowest BCUT2D eigenvalue weighted by Gasteiger charge is -2.04. The zero-order valence-corrected chi connectivity index (χ0v) is 10.2. The van der Waals surface area contributed by atoms with E-state index in [1.54, 1.807) is 0 Å². The van der Waals surface area contributed by atoms with E-state index in [0.29, 0.717) is 5.92 Å². The standard InChI is InChI=1S/C11H22N4O/c1-10(2)7-12-8-11-9-15(14-13-11)5-3-4-6-16/h9-10,12,16H,3-8H2,1-2H3. The first-order valence-corrected chi connectivity index (χ1v) is 5.93. The molecule has 0 saturated carbocycles. The third-order valence-corrected chi connectivity index (χ3v) is 2.24. The van der Waals surface area contributed by atoms with Gasteiger partial charge in [-0.1, -0.05) is 19.1 Å². The van der Waals surface area contributed by atoms with Gasteiger partial charge in [0.2, 0.25) is 0 Å². The molecule has 2 N–H and O–H groups in total. The number of aromatic nitrogens is 3. The fourth-order valence-electron chi connectivity index (χ4n) is 1.40. The highest BCUT2D eigenvalue weighted by atomic mass is 16.2. The molecule has 0 bridgehead atoms. The molecule has 1 rings (SSSR count). The first-order chi connectivity index (χ1) is 7.72. The smallest absolute Gasteiger partial charge is 0.0964 e. The van der Waals surface area contributed by atoms with E-state index in [9.17, 15) is 0 Å². The summed E-state index contributed by atoms with van der Waals surface area (Å²) in [6, 6.07) is 0. The van der Waals surface area contributed by atoms with Crippen LogP contribution in [0.5, 0.6) is 0 Å². The van der Waals surface area contributed by atoms with Gasteiger partial charge in [-0.25, -0.2) is 0 Å². The molecule has 5 heteroatoms. The Balaban J connectivity index is 2.22. The fourth-order valence-corrected chi connectivity index (χ4v) is 1.40. The summed E-state index contributed by atoms with van der Waals surface area (Å²) in [6.07, 6.45) is 3.73. The van der Waals surface area contributed by atoms with E-state index in [-0.39, 0.29) is 6.61 Å². The van der Waals surface area contributed by atoms with E-state index in [4.69, 9.17) is 5.11 Å². The van der Waals surface area contributed by atoms with Gasteiger partial charge in [0.25, 0.3) is 0 Å². The molecular formula is C11H22N4O. The number of nitrogens with one attached hydrogen (secondary N) is 1. The Hall–Kier alpha value is -0.940. The minimum atomic E-state index is 0.248. The number of hydrogen-bond acceptors (Lipinski definition) is 4. The maximum absolute atomic E-state index is 8.66. The van der Waals surface area contributed by atoms with E-state index < -0.39 is 0 Å². The molecule has 0 aliphatic heterocycles. The van der Waals surface area contributed by atoms with Crippen molar-refractivity contribution in [3.05, 3.63) is 11.9 Å². The molecule has 0 aromatic carbocycles. The monoisotopic (exact) mass is 226 g/mol. The van der Waals surface area contributed by atoms with Crippen LogP contribution >= 0.6 is 0 Å². The molecule has 0 fully saturated rings. The average Bonchev–Trinajstić information content (AvgIpc) is 2.66. The van der Waals surface area contributed by atoms with Crippen molar-refractivity contribution in [1.82, 2.24) is 20.3 Å². The van der Waals surface area contributed by atoms with Crippen LogP contribution in [0.1, 0.15) is 32.4 Å². The van der Waals surface area contributed by atoms with Gasteiger partial charge in [-0.2, -0.15) is 0 Å². The van der Waals surface area contributed by atoms with Crippen LogP contribution in [0.2, 0.25) is 0 Å². The zero-order chi connectivity index (χ0) is 11.8. The second kappa shape index (κ2) is 7.35. The van der Waals surface area contributed by atoms with Crippen LogP contribution in [-0.4, -0.2) is 33.3 Å². The SMILES string of the molecule is CC(C)CNCc1cn(CCCCO)nn1. The first-order valence-electron chi connectivity index (χ1n) is 5.93. The van der Waals surface area contributed by atoms with Crippen molar-refractivity contribution in [1.29, 1.82) is 0 Å². The van der Waals surface area contributed by atoms with Crippen molar-refractivity contribution in [3.8, 4) is 0 Å². The lowest BCUT2D eigenvalue weighted by Crippen LogP contribution is -2.19. The molecular weight excluding hydrogens is 204 g/mol. The van der Waals surface area contributed by atoms with Crippen molar-refractivity contribution in [2.75, 3.05) is 13.2 Å². The Labute approximate surface area is 96.9 Å². The summed E-state index contributed by atoms with van der Waals surface area (Å²) in [5.74, 6) is 0.652. The van der Waals surface area contributed by atoms with Crippen molar-refractivity contribution < 1.29 is 5.11 Å². The number of nitrogens with zero attached hydrogens (tertiary/aromatic N) is 3. The molecule has 0 aliphatic rings. The van der Waals surface area contributed by atoms with E-state index in [1.165, 1.54) is 0 Å². The lowest BCUT2D eigenvalue weighted by atomic mass is 10.2. The van der Waals surface area contributed by atoms with Crippen LogP contribution in [0.25, 0.3) is 0 Å². The van der Waals surface area contributed by atoms with Crippen LogP contribution in [-0.2, 0) is 13.1 Å². The van der Waals surface area contributed by atoms with Crippen molar-refractivity contribution in [3.63, 3.8) is 0 Å². The van der Waals surface area contributed by atoms with Gasteiger partial charge in [-0.05, 0) is 25.3 Å². The van der Waals surface area contributed by atoms with E-state index in [2.05, 4.69) is 29.5 Å². The summed E-state index contributed by atoms with van der Waals surface area (Å²) < 4.78 is 1.84. The Bertz CT molecular complexity index is 285. The van der Waals surface area contributed by atoms with Crippen LogP contribution in [0.15, 0.2) is 6.20 Å². The second-order valence-electron chi connectivity index (χ2n) is 4.43. The molecule has 0 spiro atoms. The minimum absolute atomic E-state index is 0.248. The highest BCUT2D eigenvalue weighted by Crippen LogP contribution is 1.97. The highest BCUT2D eigenvalue weighted by Gasteiger charge is 2.00. The molecule has 1 heterocycles. The molecule has 0 amide bonds. The molecule has 1 aromatic heterocycles. The number of hydrogen-bond donors (Lipinski definition) is 2. The summed E-state index contributed by atoms with van der Waals surface area (Å²) in [7, 11) is 0. The fraction of sp³-hybridized carbons (Fsp3) is 0.818. The maximum Gasteiger partial charge on any atom is 0.0964 e. The summed E-state index contributed by atoms with van der Waals surface area (Å²) in [6.45, 7) is 7.21. The molecule has 0 atom stereocenters. The van der Waals surface area contributed by atoms with Crippen molar-refractivity contribution in [2.24, 2.45) is 5.92 Å². The molecule has 0 unspecified atom stereocenters. The third kappa shape index (κ3) is 5.23. The van der Waals surface area contributed by atoms with E-state index in [0.717, 1.165) is 38.2 Å². The number of aliphatic hydroxyl groups excluding tert-OH is 1. The third-order valence-electron chi connectivity index (χ3n) is 2.24. The number of aliphatic hydroxyl groups is 1. The van der Waals surface area contributed by atoms with Crippen LogP contribution < -0.4 is 5.32 Å². The van der Waals surface area contributed by atoms with Gasteiger partial charge >= 0.3 is 0 Å². The molecule has 5 nitrogen and oxygen atoms in total.